The van der Waals surface area contributed by atoms with E-state index in [2.05, 4.69) is 42.0 Å². The number of rotatable bonds is 7. The molecule has 0 aliphatic heterocycles. The molecule has 2 rings (SSSR count). The molecule has 3 nitrogen and oxygen atoms in total. The zero-order chi connectivity index (χ0) is 15.3. The van der Waals surface area contributed by atoms with Crippen LogP contribution in [0.1, 0.15) is 5.56 Å². The van der Waals surface area contributed by atoms with Gasteiger partial charge in [0.1, 0.15) is 5.75 Å². The number of benzene rings is 1. The Morgan fingerprint density at radius 3 is 2.24 bits per heavy atom. The normalized spacial score (nSPS) is 11.6. The van der Waals surface area contributed by atoms with E-state index in [-0.39, 0.29) is 0 Å². The molecule has 1 aromatic heterocycles. The predicted molar refractivity (Wildman–Crippen MR) is 96.5 cm³/mol. The average Bonchev–Trinajstić information content (AvgIpc) is 2.91. The first kappa shape index (κ1) is 16.9. The maximum Gasteiger partial charge on any atom is 0.175 e. The van der Waals surface area contributed by atoms with Gasteiger partial charge in [-0.25, -0.2) is 0 Å². The van der Waals surface area contributed by atoms with Crippen LogP contribution in [-0.4, -0.2) is 30.8 Å². The fourth-order valence-corrected chi connectivity index (χ4v) is 6.49. The molecular weight excluding hydrogens is 336 g/mol. The van der Waals surface area contributed by atoms with Crippen molar-refractivity contribution >= 4 is 42.9 Å². The molecule has 0 amide bonds. The molecule has 0 radical (unpaired) electrons. The Hall–Kier alpha value is -0.503. The number of aromatic nitrogens is 2. The van der Waals surface area contributed by atoms with Gasteiger partial charge in [-0.1, -0.05) is 66.6 Å². The van der Waals surface area contributed by atoms with Gasteiger partial charge in [-0.3, -0.25) is 0 Å². The number of thioether (sulfide) groups is 2. The molecule has 0 bridgehead atoms. The van der Waals surface area contributed by atoms with Gasteiger partial charge in [-0.05, 0) is 23.1 Å². The van der Waals surface area contributed by atoms with Crippen LogP contribution in [-0.2, 0) is 5.75 Å². The summed E-state index contributed by atoms with van der Waals surface area (Å²) in [5, 5.41) is 9.74. The minimum Gasteiger partial charge on any atom is -0.497 e. The first-order chi connectivity index (χ1) is 9.96. The monoisotopic (exact) mass is 356 g/mol. The van der Waals surface area contributed by atoms with Gasteiger partial charge in [0.15, 0.2) is 8.68 Å². The van der Waals surface area contributed by atoms with E-state index in [1.165, 1.54) is 10.9 Å². The van der Waals surface area contributed by atoms with E-state index in [4.69, 9.17) is 4.74 Å². The van der Waals surface area contributed by atoms with Crippen LogP contribution in [0.5, 0.6) is 5.75 Å². The van der Waals surface area contributed by atoms with Crippen LogP contribution in [0.15, 0.2) is 32.9 Å². The lowest BCUT2D eigenvalue weighted by Gasteiger charge is -2.12. The van der Waals surface area contributed by atoms with Crippen LogP contribution in [0.4, 0.5) is 0 Å². The Bertz CT molecular complexity index is 566. The van der Waals surface area contributed by atoms with Gasteiger partial charge in [-0.2, -0.15) is 0 Å². The van der Waals surface area contributed by atoms with E-state index < -0.39 is 8.07 Å². The summed E-state index contributed by atoms with van der Waals surface area (Å²) in [6.07, 6.45) is 0. The summed E-state index contributed by atoms with van der Waals surface area (Å²) >= 11 is 5.30. The smallest absolute Gasteiger partial charge is 0.175 e. The van der Waals surface area contributed by atoms with E-state index in [0.29, 0.717) is 0 Å². The van der Waals surface area contributed by atoms with E-state index in [0.717, 1.165) is 20.2 Å². The molecule has 21 heavy (non-hydrogen) atoms. The second-order valence-electron chi connectivity index (χ2n) is 5.82. The third-order valence-corrected chi connectivity index (χ3v) is 9.43. The first-order valence-electron chi connectivity index (χ1n) is 6.68. The molecule has 0 unspecified atom stereocenters. The van der Waals surface area contributed by atoms with Crippen molar-refractivity contribution in [3.8, 4) is 5.75 Å². The number of ether oxygens (including phenoxy) is 1. The number of methoxy groups -OCH3 is 1. The number of hydrogen-bond donors (Lipinski definition) is 0. The van der Waals surface area contributed by atoms with Crippen LogP contribution in [0.2, 0.25) is 19.6 Å². The van der Waals surface area contributed by atoms with E-state index in [1.807, 2.05) is 23.9 Å². The Labute approximate surface area is 139 Å². The molecule has 0 aliphatic carbocycles. The highest BCUT2D eigenvalue weighted by Crippen LogP contribution is 2.32. The van der Waals surface area contributed by atoms with Crippen molar-refractivity contribution in [2.24, 2.45) is 0 Å². The van der Waals surface area contributed by atoms with Crippen LogP contribution in [0.3, 0.4) is 0 Å². The summed E-state index contributed by atoms with van der Waals surface area (Å²) in [4.78, 5) is 0. The minimum atomic E-state index is -1.03. The molecule has 0 fully saturated rings. The van der Waals surface area contributed by atoms with Crippen molar-refractivity contribution in [2.75, 3.05) is 12.5 Å². The largest absolute Gasteiger partial charge is 0.497 e. The summed E-state index contributed by atoms with van der Waals surface area (Å²) in [7, 11) is 0.657. The van der Waals surface area contributed by atoms with Crippen molar-refractivity contribution < 1.29 is 4.74 Å². The SMILES string of the molecule is COc1ccc(CSc2nnc(SC[Si](C)(C)C)s2)cc1. The van der Waals surface area contributed by atoms with Crippen molar-refractivity contribution in [1.29, 1.82) is 0 Å². The molecule has 0 atom stereocenters. The van der Waals surface area contributed by atoms with Gasteiger partial charge in [0, 0.05) is 5.75 Å². The molecule has 114 valence electrons. The Balaban J connectivity index is 1.84. The minimum absolute atomic E-state index is 0.893. The molecule has 0 saturated heterocycles. The van der Waals surface area contributed by atoms with E-state index in [1.54, 1.807) is 30.2 Å². The van der Waals surface area contributed by atoms with Gasteiger partial charge in [0.2, 0.25) is 0 Å². The third-order valence-electron chi connectivity index (χ3n) is 2.54. The van der Waals surface area contributed by atoms with Gasteiger partial charge in [0.05, 0.1) is 15.2 Å². The van der Waals surface area contributed by atoms with Gasteiger partial charge < -0.3 is 4.74 Å². The molecule has 0 aliphatic rings. The lowest BCUT2D eigenvalue weighted by atomic mass is 10.2. The molecule has 0 spiro atoms. The fourth-order valence-electron chi connectivity index (χ4n) is 1.46. The fraction of sp³-hybridized carbons (Fsp3) is 0.429. The summed E-state index contributed by atoms with van der Waals surface area (Å²) in [5.74, 6) is 1.81. The molecule has 0 N–H and O–H groups in total. The second-order valence-corrected chi connectivity index (χ2v) is 15.2. The molecule has 1 aromatic carbocycles. The Morgan fingerprint density at radius 1 is 1.05 bits per heavy atom. The molecule has 0 saturated carbocycles. The standard InChI is InChI=1S/C14H20N2OS3Si/c1-17-12-7-5-11(6-8-12)9-18-13-15-16-14(20-13)19-10-21(2,3)4/h5-8H,9-10H2,1-4H3. The van der Waals surface area contributed by atoms with Crippen LogP contribution in [0.25, 0.3) is 0 Å². The third kappa shape index (κ3) is 6.02. The van der Waals surface area contributed by atoms with E-state index >= 15 is 0 Å². The van der Waals surface area contributed by atoms with Crippen LogP contribution in [0, 0.1) is 0 Å². The average molecular weight is 357 g/mol. The maximum absolute atomic E-state index is 5.16. The van der Waals surface area contributed by atoms with Gasteiger partial charge in [0.25, 0.3) is 0 Å². The van der Waals surface area contributed by atoms with Crippen molar-refractivity contribution in [2.45, 2.75) is 34.1 Å². The van der Waals surface area contributed by atoms with Crippen molar-refractivity contribution in [3.63, 3.8) is 0 Å². The number of hydrogen-bond acceptors (Lipinski definition) is 6. The van der Waals surface area contributed by atoms with Gasteiger partial charge in [-0.15, -0.1) is 10.2 Å². The molecule has 2 aromatic rings. The summed E-state index contributed by atoms with van der Waals surface area (Å²) in [6.45, 7) is 7.13. The first-order valence-corrected chi connectivity index (χ1v) is 13.2. The highest BCUT2D eigenvalue weighted by Gasteiger charge is 2.15. The number of nitrogens with zero attached hydrogens (tertiary/aromatic N) is 2. The van der Waals surface area contributed by atoms with Crippen molar-refractivity contribution in [3.05, 3.63) is 29.8 Å². The second kappa shape index (κ2) is 7.67. The maximum atomic E-state index is 5.16. The Morgan fingerprint density at radius 2 is 1.67 bits per heavy atom. The summed E-state index contributed by atoms with van der Waals surface area (Å²) in [6, 6.07) is 8.16. The highest BCUT2D eigenvalue weighted by molar-refractivity contribution is 8.03. The predicted octanol–water partition coefficient (Wildman–Crippen LogP) is 4.81. The topological polar surface area (TPSA) is 35.0 Å². The lowest BCUT2D eigenvalue weighted by Crippen LogP contribution is -2.23. The van der Waals surface area contributed by atoms with Crippen molar-refractivity contribution in [1.82, 2.24) is 10.2 Å². The van der Waals surface area contributed by atoms with Gasteiger partial charge >= 0.3 is 0 Å². The molecule has 1 heterocycles. The molecule has 7 heteroatoms. The summed E-state index contributed by atoms with van der Waals surface area (Å²) in [5.41, 5.74) is 1.27. The molecular formula is C14H20N2OS3Si. The Kier molecular flexibility index (Phi) is 6.16. The zero-order valence-corrected chi connectivity index (χ0v) is 16.2. The summed E-state index contributed by atoms with van der Waals surface area (Å²) < 4.78 is 7.30. The van der Waals surface area contributed by atoms with Crippen LogP contribution < -0.4 is 4.74 Å². The lowest BCUT2D eigenvalue weighted by molar-refractivity contribution is 0.414. The van der Waals surface area contributed by atoms with Crippen LogP contribution >= 0.6 is 34.9 Å². The highest BCUT2D eigenvalue weighted by atomic mass is 32.2. The van der Waals surface area contributed by atoms with E-state index in [9.17, 15) is 0 Å². The zero-order valence-electron chi connectivity index (χ0n) is 12.8. The quantitative estimate of drug-likeness (QED) is 0.525.